The fourth-order valence-electron chi connectivity index (χ4n) is 9.79. The van der Waals surface area contributed by atoms with Crippen LogP contribution >= 0.6 is 0 Å². The van der Waals surface area contributed by atoms with E-state index in [1.807, 2.05) is 0 Å². The third-order valence-corrected chi connectivity index (χ3v) is 11.8. The summed E-state index contributed by atoms with van der Waals surface area (Å²) in [5.74, 6) is -6.18. The van der Waals surface area contributed by atoms with Crippen molar-refractivity contribution >= 4 is 17.9 Å². The Labute approximate surface area is 275 Å². The standard InChI is InChI=1S/C32H44O16/c1-11(2)6-17(34)48-22-24-31-10-44-32(24,29(42)43-5)26(40)21(38)23(31)30(4)13(8-16(31)47-27(22)41)12(3)7-14(25(30)39)45-28-20(37)19(36)18(35)15(9-33)46-28/h6-7,13-16,18-26,28,33,35-40H,8-10H2,1-5H3/t13-,14-,15+,16+,18+,19-,20+,21+,22+,23+,24+,25+,26-,28+,30-,31+,32+/m0/s1. The maximum absolute atomic E-state index is 13.7. The lowest BCUT2D eigenvalue weighted by molar-refractivity contribution is -0.330. The number of rotatable bonds is 6. The first-order valence-corrected chi connectivity index (χ1v) is 16.0. The Balaban J connectivity index is 1.46. The van der Waals surface area contributed by atoms with Crippen molar-refractivity contribution in [1.29, 1.82) is 0 Å². The van der Waals surface area contributed by atoms with Gasteiger partial charge in [-0.25, -0.2) is 14.4 Å². The van der Waals surface area contributed by atoms with Gasteiger partial charge in [0.25, 0.3) is 0 Å². The van der Waals surface area contributed by atoms with Crippen LogP contribution in [0, 0.1) is 28.6 Å². The van der Waals surface area contributed by atoms with Crippen molar-refractivity contribution in [3.05, 3.63) is 23.3 Å². The highest BCUT2D eigenvalue weighted by Crippen LogP contribution is 2.73. The van der Waals surface area contributed by atoms with Crippen LogP contribution < -0.4 is 0 Å². The monoisotopic (exact) mass is 684 g/mol. The lowest BCUT2D eigenvalue weighted by Gasteiger charge is -2.68. The Kier molecular flexibility index (Phi) is 8.88. The summed E-state index contributed by atoms with van der Waals surface area (Å²) in [4.78, 5) is 40.2. The van der Waals surface area contributed by atoms with Crippen molar-refractivity contribution in [2.24, 2.45) is 28.6 Å². The van der Waals surface area contributed by atoms with Crippen molar-refractivity contribution in [1.82, 2.24) is 0 Å². The molecule has 268 valence electrons. The zero-order valence-electron chi connectivity index (χ0n) is 27.2. The second-order valence-corrected chi connectivity index (χ2v) is 14.4. The molecular weight excluding hydrogens is 640 g/mol. The zero-order valence-corrected chi connectivity index (χ0v) is 27.2. The first kappa shape index (κ1) is 35.3. The molecule has 3 aliphatic carbocycles. The number of carbonyl (C=O) groups is 3. The van der Waals surface area contributed by atoms with Gasteiger partial charge in [0.15, 0.2) is 6.29 Å². The molecule has 0 aromatic carbocycles. The van der Waals surface area contributed by atoms with Crippen LogP contribution in [0.2, 0.25) is 0 Å². The van der Waals surface area contributed by atoms with Crippen molar-refractivity contribution in [2.45, 2.75) is 107 Å². The van der Waals surface area contributed by atoms with Gasteiger partial charge in [-0.2, -0.15) is 0 Å². The van der Waals surface area contributed by atoms with E-state index in [9.17, 15) is 50.1 Å². The van der Waals surface area contributed by atoms with Gasteiger partial charge in [0.2, 0.25) is 11.7 Å². The van der Waals surface area contributed by atoms with E-state index in [0.717, 1.165) is 13.2 Å². The second kappa shape index (κ2) is 12.1. The van der Waals surface area contributed by atoms with Gasteiger partial charge in [0.1, 0.15) is 42.7 Å². The summed E-state index contributed by atoms with van der Waals surface area (Å²) in [7, 11) is 1.05. The lowest BCUT2D eigenvalue weighted by Crippen LogP contribution is -2.80. The summed E-state index contributed by atoms with van der Waals surface area (Å²) in [6, 6.07) is 0. The summed E-state index contributed by atoms with van der Waals surface area (Å²) in [5.41, 5.74) is -4.10. The predicted octanol–water partition coefficient (Wildman–Crippen LogP) is -2.78. The van der Waals surface area contributed by atoms with Crippen LogP contribution in [0.3, 0.4) is 0 Å². The molecule has 5 fully saturated rings. The molecule has 3 saturated heterocycles. The number of aliphatic hydroxyl groups is 7. The molecule has 0 unspecified atom stereocenters. The molecule has 7 N–H and O–H groups in total. The minimum Gasteiger partial charge on any atom is -0.467 e. The molecule has 6 rings (SSSR count). The van der Waals surface area contributed by atoms with Gasteiger partial charge in [0, 0.05) is 22.8 Å². The van der Waals surface area contributed by atoms with Crippen LogP contribution in [0.25, 0.3) is 0 Å². The van der Waals surface area contributed by atoms with Crippen LogP contribution in [-0.4, -0.2) is 147 Å². The molecule has 16 nitrogen and oxygen atoms in total. The molecule has 48 heavy (non-hydrogen) atoms. The molecule has 3 heterocycles. The number of methoxy groups -OCH3 is 1. The Morgan fingerprint density at radius 1 is 1.02 bits per heavy atom. The number of hydrogen-bond acceptors (Lipinski definition) is 16. The smallest absolute Gasteiger partial charge is 0.348 e. The maximum Gasteiger partial charge on any atom is 0.348 e. The average molecular weight is 685 g/mol. The van der Waals surface area contributed by atoms with Gasteiger partial charge in [-0.05, 0) is 33.1 Å². The molecule has 3 aliphatic heterocycles. The third-order valence-electron chi connectivity index (χ3n) is 11.8. The molecule has 0 aromatic heterocycles. The highest BCUT2D eigenvalue weighted by Gasteiger charge is 2.85. The van der Waals surface area contributed by atoms with E-state index in [4.69, 9.17) is 28.4 Å². The number of aliphatic hydroxyl groups excluding tert-OH is 7. The Morgan fingerprint density at radius 2 is 1.71 bits per heavy atom. The van der Waals surface area contributed by atoms with Gasteiger partial charge < -0.3 is 64.2 Å². The fourth-order valence-corrected chi connectivity index (χ4v) is 9.79. The van der Waals surface area contributed by atoms with Crippen LogP contribution in [0.4, 0.5) is 0 Å². The number of allylic oxidation sites excluding steroid dienone is 2. The zero-order chi connectivity index (χ0) is 35.2. The normalized spacial score (nSPS) is 50.7. The Hall–Kier alpha value is -2.51. The minimum atomic E-state index is -2.35. The number of carbonyl (C=O) groups excluding carboxylic acids is 3. The molecule has 1 spiro atoms. The maximum atomic E-state index is 13.7. The van der Waals surface area contributed by atoms with Crippen LogP contribution in [0.15, 0.2) is 23.3 Å². The second-order valence-electron chi connectivity index (χ2n) is 14.4. The van der Waals surface area contributed by atoms with Crippen LogP contribution in [0.5, 0.6) is 0 Å². The fraction of sp³-hybridized carbons (Fsp3) is 0.781. The molecule has 0 aromatic rings. The Morgan fingerprint density at radius 3 is 2.33 bits per heavy atom. The van der Waals surface area contributed by atoms with E-state index in [1.54, 1.807) is 33.8 Å². The van der Waals surface area contributed by atoms with Crippen molar-refractivity contribution < 1.29 is 78.6 Å². The van der Waals surface area contributed by atoms with E-state index >= 15 is 0 Å². The average Bonchev–Trinajstić information content (AvgIpc) is 3.34. The molecule has 2 saturated carbocycles. The topological polar surface area (TPSA) is 248 Å². The van der Waals surface area contributed by atoms with Crippen molar-refractivity contribution in [3.8, 4) is 0 Å². The van der Waals surface area contributed by atoms with Gasteiger partial charge in [-0.1, -0.05) is 24.1 Å². The molecule has 6 aliphatic rings. The van der Waals surface area contributed by atoms with Crippen LogP contribution in [0.1, 0.15) is 34.1 Å². The van der Waals surface area contributed by atoms with E-state index in [2.05, 4.69) is 0 Å². The molecular formula is C32H44O16. The number of ether oxygens (including phenoxy) is 6. The molecule has 0 amide bonds. The summed E-state index contributed by atoms with van der Waals surface area (Å²) < 4.78 is 34.3. The molecule has 17 atom stereocenters. The van der Waals surface area contributed by atoms with E-state index in [1.165, 1.54) is 0 Å². The summed E-state index contributed by atoms with van der Waals surface area (Å²) >= 11 is 0. The first-order valence-electron chi connectivity index (χ1n) is 16.0. The first-order chi connectivity index (χ1) is 22.5. The quantitative estimate of drug-likeness (QED) is 0.0647. The highest BCUT2D eigenvalue weighted by molar-refractivity contribution is 5.89. The molecule has 0 radical (unpaired) electrons. The molecule has 2 bridgehead atoms. The largest absolute Gasteiger partial charge is 0.467 e. The van der Waals surface area contributed by atoms with E-state index in [0.29, 0.717) is 11.1 Å². The number of hydrogen-bond donors (Lipinski definition) is 7. The SMILES string of the molecule is COC(=O)[C@]12OC[C@]34[C@H]([C@@H](O)[C@@H]1O)[C@@]1(C)[C@H](O)[C@@H](O[C@@H]5O[C@H](CO)[C@@H](O)[C@H](O)[C@H]5O)C=C(C)[C@@H]1C[C@H]3OC(=O)[C@H](OC(=O)C=C(C)C)[C@@H]24. The third kappa shape index (κ3) is 4.61. The van der Waals surface area contributed by atoms with E-state index < -0.39 is 126 Å². The van der Waals surface area contributed by atoms with Crippen molar-refractivity contribution in [2.75, 3.05) is 20.3 Å². The van der Waals surface area contributed by atoms with E-state index in [-0.39, 0.29) is 13.0 Å². The lowest BCUT2D eigenvalue weighted by atomic mass is 9.37. The van der Waals surface area contributed by atoms with Crippen molar-refractivity contribution in [3.63, 3.8) is 0 Å². The predicted molar refractivity (Wildman–Crippen MR) is 156 cm³/mol. The van der Waals surface area contributed by atoms with Gasteiger partial charge >= 0.3 is 17.9 Å². The summed E-state index contributed by atoms with van der Waals surface area (Å²) in [6.45, 7) is 5.62. The summed E-state index contributed by atoms with van der Waals surface area (Å²) in [5, 5.41) is 77.0. The van der Waals surface area contributed by atoms with Gasteiger partial charge in [-0.3, -0.25) is 0 Å². The van der Waals surface area contributed by atoms with Gasteiger partial charge in [-0.15, -0.1) is 0 Å². The number of esters is 3. The minimum absolute atomic E-state index is 0.0828. The van der Waals surface area contributed by atoms with Crippen LogP contribution in [-0.2, 0) is 42.8 Å². The number of fused-ring (bicyclic) bond motifs is 2. The summed E-state index contributed by atoms with van der Waals surface area (Å²) in [6.07, 6.45) is -14.6. The molecule has 16 heteroatoms. The van der Waals surface area contributed by atoms with Gasteiger partial charge in [0.05, 0.1) is 38.4 Å². The Bertz CT molecular complexity index is 1390. The highest BCUT2D eigenvalue weighted by atomic mass is 16.7.